The van der Waals surface area contributed by atoms with Gasteiger partial charge in [-0.05, 0) is 48.7 Å². The number of H-pyrrole nitrogens is 1. The number of aliphatic hydroxyl groups excluding tert-OH is 1. The van der Waals surface area contributed by atoms with Crippen molar-refractivity contribution in [3.05, 3.63) is 64.9 Å². The summed E-state index contributed by atoms with van der Waals surface area (Å²) in [6.45, 7) is 3.43. The van der Waals surface area contributed by atoms with Gasteiger partial charge in [0.25, 0.3) is 0 Å². The fraction of sp³-hybridized carbons (Fsp3) is 0.423. The maximum atomic E-state index is 14.6. The van der Waals surface area contributed by atoms with Gasteiger partial charge in [0, 0.05) is 66.7 Å². The Labute approximate surface area is 197 Å². The summed E-state index contributed by atoms with van der Waals surface area (Å²) >= 11 is 0. The monoisotopic (exact) mass is 469 g/mol. The van der Waals surface area contributed by atoms with Crippen LogP contribution in [-0.4, -0.2) is 59.1 Å². The van der Waals surface area contributed by atoms with E-state index in [2.05, 4.69) is 4.98 Å². The van der Waals surface area contributed by atoms with Crippen molar-refractivity contribution in [2.75, 3.05) is 33.4 Å². The zero-order valence-corrected chi connectivity index (χ0v) is 19.4. The second kappa shape index (κ2) is 8.67. The van der Waals surface area contributed by atoms with Gasteiger partial charge in [0.2, 0.25) is 5.91 Å². The highest BCUT2D eigenvalue weighted by Gasteiger charge is 2.47. The number of piperidine rings is 1. The third kappa shape index (κ3) is 3.75. The quantitative estimate of drug-likeness (QED) is 0.609. The fourth-order valence-corrected chi connectivity index (χ4v) is 5.82. The van der Waals surface area contributed by atoms with E-state index < -0.39 is 17.7 Å². The number of nitrogens with zero attached hydrogens (tertiary/aromatic N) is 2. The van der Waals surface area contributed by atoms with Crippen LogP contribution >= 0.6 is 0 Å². The molecule has 1 aromatic heterocycles. The molecule has 180 valence electrons. The first-order valence-electron chi connectivity index (χ1n) is 11.6. The van der Waals surface area contributed by atoms with Crippen LogP contribution in [0.1, 0.15) is 42.6 Å². The van der Waals surface area contributed by atoms with Crippen LogP contribution in [0.3, 0.4) is 0 Å². The molecule has 6 nitrogen and oxygen atoms in total. The van der Waals surface area contributed by atoms with Gasteiger partial charge in [-0.25, -0.2) is 8.78 Å². The largest absolute Gasteiger partial charge is 0.497 e. The Morgan fingerprint density at radius 1 is 1.21 bits per heavy atom. The normalized spacial score (nSPS) is 20.0. The van der Waals surface area contributed by atoms with Gasteiger partial charge in [0.05, 0.1) is 19.8 Å². The Bertz CT molecular complexity index is 1230. The molecule has 0 bridgehead atoms. The second-order valence-corrected chi connectivity index (χ2v) is 9.45. The molecule has 1 amide bonds. The van der Waals surface area contributed by atoms with Crippen molar-refractivity contribution >= 4 is 16.8 Å². The number of aliphatic hydroxyl groups is 1. The Morgan fingerprint density at radius 3 is 2.65 bits per heavy atom. The van der Waals surface area contributed by atoms with Crippen molar-refractivity contribution in [3.63, 3.8) is 0 Å². The molecule has 2 aromatic carbocycles. The first-order chi connectivity index (χ1) is 16.3. The molecule has 2 aliphatic rings. The van der Waals surface area contributed by atoms with E-state index in [1.165, 1.54) is 6.07 Å². The number of carbonyl (C=O) groups excluding carboxylic acids is 1. The van der Waals surface area contributed by atoms with Gasteiger partial charge in [-0.1, -0.05) is 0 Å². The summed E-state index contributed by atoms with van der Waals surface area (Å²) in [4.78, 5) is 19.4. The van der Waals surface area contributed by atoms with Crippen LogP contribution < -0.4 is 4.74 Å². The Balaban J connectivity index is 1.62. The highest BCUT2D eigenvalue weighted by Crippen LogP contribution is 2.49. The number of carbonyl (C=O) groups is 1. The molecule has 0 radical (unpaired) electrons. The number of aromatic amines is 1. The minimum atomic E-state index is -0.489. The number of benzene rings is 2. The molecule has 1 fully saturated rings. The molecule has 2 aliphatic heterocycles. The van der Waals surface area contributed by atoms with Gasteiger partial charge in [-0.2, -0.15) is 0 Å². The summed E-state index contributed by atoms with van der Waals surface area (Å²) < 4.78 is 33.9. The highest BCUT2D eigenvalue weighted by atomic mass is 19.1. The maximum Gasteiger partial charge on any atom is 0.219 e. The minimum Gasteiger partial charge on any atom is -0.497 e. The van der Waals surface area contributed by atoms with Gasteiger partial charge in [0.15, 0.2) is 0 Å². The molecule has 3 aromatic rings. The molecule has 2 N–H and O–H groups in total. The minimum absolute atomic E-state index is 0.0569. The average molecular weight is 470 g/mol. The van der Waals surface area contributed by atoms with Crippen molar-refractivity contribution in [3.8, 4) is 5.75 Å². The third-order valence-electron chi connectivity index (χ3n) is 7.56. The first-order valence-corrected chi connectivity index (χ1v) is 11.6. The first kappa shape index (κ1) is 22.8. The second-order valence-electron chi connectivity index (χ2n) is 9.45. The van der Waals surface area contributed by atoms with Crippen LogP contribution in [0, 0.1) is 11.6 Å². The number of halogens is 2. The predicted molar refractivity (Wildman–Crippen MR) is 125 cm³/mol. The van der Waals surface area contributed by atoms with E-state index in [9.17, 15) is 18.7 Å². The van der Waals surface area contributed by atoms with E-state index in [0.29, 0.717) is 19.6 Å². The van der Waals surface area contributed by atoms with E-state index in [-0.39, 0.29) is 30.0 Å². The number of likely N-dealkylation sites (tertiary alicyclic amines) is 1. The van der Waals surface area contributed by atoms with Crippen LogP contribution in [0.2, 0.25) is 0 Å². The molecule has 0 unspecified atom stereocenters. The number of hydrogen-bond acceptors (Lipinski definition) is 4. The lowest BCUT2D eigenvalue weighted by Gasteiger charge is -2.50. The summed E-state index contributed by atoms with van der Waals surface area (Å²) in [5, 5.41) is 11.5. The van der Waals surface area contributed by atoms with Crippen molar-refractivity contribution in [2.45, 2.75) is 37.8 Å². The SMILES string of the molecule is COc1ccc2c3c([nH]c2c1)[C@H](CO)N(Cc1cc(F)ccc1F)CC31CCN(C(C)=O)CC1. The third-order valence-corrected chi connectivity index (χ3v) is 7.56. The van der Waals surface area contributed by atoms with Gasteiger partial charge in [-0.15, -0.1) is 0 Å². The average Bonchev–Trinajstić information content (AvgIpc) is 3.21. The lowest BCUT2D eigenvalue weighted by atomic mass is 9.68. The highest BCUT2D eigenvalue weighted by molar-refractivity contribution is 5.88. The van der Waals surface area contributed by atoms with Crippen molar-refractivity contribution in [2.24, 2.45) is 0 Å². The Morgan fingerprint density at radius 2 is 1.97 bits per heavy atom. The number of hydrogen-bond donors (Lipinski definition) is 2. The zero-order valence-electron chi connectivity index (χ0n) is 19.4. The molecular weight excluding hydrogens is 440 g/mol. The summed E-state index contributed by atoms with van der Waals surface area (Å²) in [5.74, 6) is -0.171. The maximum absolute atomic E-state index is 14.6. The number of aromatic nitrogens is 1. The van der Waals surface area contributed by atoms with Crippen LogP contribution in [0.4, 0.5) is 8.78 Å². The summed E-state index contributed by atoms with van der Waals surface area (Å²) in [6.07, 6.45) is 1.50. The number of methoxy groups -OCH3 is 1. The molecule has 1 spiro atoms. The molecule has 0 saturated carbocycles. The fourth-order valence-electron chi connectivity index (χ4n) is 5.82. The standard InChI is InChI=1S/C26H29F2N3O3/c1-16(33)30-9-7-26(8-10-30)15-31(13-17-11-18(27)3-6-21(17)28)23(14-32)25-24(26)20-5-4-19(34-2)12-22(20)29-25/h3-6,11-12,23,29,32H,7-10,13-15H2,1-2H3/t23-/m0/s1. The Kier molecular flexibility index (Phi) is 5.81. The van der Waals surface area contributed by atoms with Crippen molar-refractivity contribution < 1.29 is 23.4 Å². The Hall–Kier alpha value is -2.97. The van der Waals surface area contributed by atoms with Gasteiger partial charge < -0.3 is 19.7 Å². The molecular formula is C26H29F2N3O3. The van der Waals surface area contributed by atoms with Crippen LogP contribution in [0.25, 0.3) is 10.9 Å². The van der Waals surface area contributed by atoms with E-state index >= 15 is 0 Å². The zero-order chi connectivity index (χ0) is 24.0. The topological polar surface area (TPSA) is 68.8 Å². The molecule has 1 saturated heterocycles. The molecule has 34 heavy (non-hydrogen) atoms. The molecule has 5 rings (SSSR count). The molecule has 3 heterocycles. The number of fused-ring (bicyclic) bond motifs is 4. The molecule has 8 heteroatoms. The summed E-state index contributed by atoms with van der Waals surface area (Å²) in [5.41, 5.74) is 2.93. The summed E-state index contributed by atoms with van der Waals surface area (Å²) in [7, 11) is 1.62. The van der Waals surface area contributed by atoms with Crippen LogP contribution in [-0.2, 0) is 16.8 Å². The predicted octanol–water partition coefficient (Wildman–Crippen LogP) is 3.88. The van der Waals surface area contributed by atoms with Crippen LogP contribution in [0.5, 0.6) is 5.75 Å². The smallest absolute Gasteiger partial charge is 0.219 e. The van der Waals surface area contributed by atoms with E-state index in [4.69, 9.17) is 4.74 Å². The van der Waals surface area contributed by atoms with Crippen molar-refractivity contribution in [1.82, 2.24) is 14.8 Å². The van der Waals surface area contributed by atoms with E-state index in [1.54, 1.807) is 14.0 Å². The lowest BCUT2D eigenvalue weighted by molar-refractivity contribution is -0.130. The van der Waals surface area contributed by atoms with Gasteiger partial charge in [-0.3, -0.25) is 9.69 Å². The van der Waals surface area contributed by atoms with Crippen molar-refractivity contribution in [1.29, 1.82) is 0 Å². The lowest BCUT2D eigenvalue weighted by Crippen LogP contribution is -2.54. The van der Waals surface area contributed by atoms with Gasteiger partial charge >= 0.3 is 0 Å². The number of rotatable bonds is 4. The van der Waals surface area contributed by atoms with Crippen LogP contribution in [0.15, 0.2) is 36.4 Å². The number of amides is 1. The number of nitrogens with one attached hydrogen (secondary N) is 1. The molecule has 0 aliphatic carbocycles. The van der Waals surface area contributed by atoms with E-state index in [0.717, 1.165) is 52.9 Å². The van der Waals surface area contributed by atoms with Gasteiger partial charge in [0.1, 0.15) is 17.4 Å². The van der Waals surface area contributed by atoms with E-state index in [1.807, 2.05) is 28.0 Å². The molecule has 1 atom stereocenters. The summed E-state index contributed by atoms with van der Waals surface area (Å²) in [6, 6.07) is 8.99. The number of ether oxygens (including phenoxy) is 1.